The van der Waals surface area contributed by atoms with Gasteiger partial charge in [0.1, 0.15) is 5.75 Å². The Morgan fingerprint density at radius 3 is 2.44 bits per heavy atom. The van der Waals surface area contributed by atoms with Gasteiger partial charge in [0, 0.05) is 13.1 Å². The van der Waals surface area contributed by atoms with E-state index in [0.29, 0.717) is 0 Å². The van der Waals surface area contributed by atoms with Crippen LogP contribution in [0.1, 0.15) is 6.92 Å². The van der Waals surface area contributed by atoms with Crippen LogP contribution in [-0.4, -0.2) is 61.2 Å². The molecule has 1 rings (SSSR count). The minimum Gasteiger partial charge on any atom is -0.465 e. The third-order valence-corrected chi connectivity index (χ3v) is 4.20. The Kier molecular flexibility index (Phi) is 3.74. The van der Waals surface area contributed by atoms with Gasteiger partial charge in [0.05, 0.1) is 11.9 Å². The van der Waals surface area contributed by atoms with Gasteiger partial charge >= 0.3 is 12.1 Å². The minimum atomic E-state index is -3.59. The van der Waals surface area contributed by atoms with Gasteiger partial charge in [0.25, 0.3) is 0 Å². The Hall–Kier alpha value is -1.31. The highest BCUT2D eigenvalue weighted by Gasteiger charge is 2.40. The number of rotatable bonds is 4. The maximum absolute atomic E-state index is 11.5. The van der Waals surface area contributed by atoms with E-state index < -0.39 is 32.9 Å². The number of likely N-dealkylation sites (tertiary alicyclic amines) is 1. The average molecular weight is 251 g/mol. The van der Waals surface area contributed by atoms with E-state index in [1.807, 2.05) is 0 Å². The summed E-state index contributed by atoms with van der Waals surface area (Å²) in [5, 5.41) is 7.74. The molecular formula is C8H13NO6S. The Bertz CT molecular complexity index is 383. The smallest absolute Gasteiger partial charge is 0.407 e. The summed E-state index contributed by atoms with van der Waals surface area (Å²) in [5.41, 5.74) is 0. The van der Waals surface area contributed by atoms with Crippen molar-refractivity contribution in [3.63, 3.8) is 0 Å². The number of hydrogen-bond donors (Lipinski definition) is 1. The summed E-state index contributed by atoms with van der Waals surface area (Å²) in [6, 6.07) is 0. The predicted molar refractivity (Wildman–Crippen MR) is 53.8 cm³/mol. The summed E-state index contributed by atoms with van der Waals surface area (Å²) in [6.07, 6.45) is -1.15. The molecule has 1 aliphatic rings. The van der Waals surface area contributed by atoms with E-state index >= 15 is 0 Å². The summed E-state index contributed by atoms with van der Waals surface area (Å²) in [4.78, 5) is 22.4. The van der Waals surface area contributed by atoms with Crippen LogP contribution in [0.3, 0.4) is 0 Å². The number of carboxylic acid groups (broad SMARTS) is 1. The zero-order valence-electron chi connectivity index (χ0n) is 8.75. The second kappa shape index (κ2) is 4.69. The number of nitrogens with zero attached hydrogens (tertiary/aromatic N) is 1. The van der Waals surface area contributed by atoms with Crippen molar-refractivity contribution < 1.29 is 27.9 Å². The molecule has 1 fully saturated rings. The van der Waals surface area contributed by atoms with Crippen molar-refractivity contribution in [3.8, 4) is 0 Å². The molecular weight excluding hydrogens is 238 g/mol. The first-order chi connectivity index (χ1) is 7.36. The Morgan fingerprint density at radius 2 is 2.00 bits per heavy atom. The van der Waals surface area contributed by atoms with E-state index in [1.165, 1.54) is 0 Å². The lowest BCUT2D eigenvalue weighted by molar-refractivity contribution is -0.139. The fraction of sp³-hybridized carbons (Fsp3) is 0.750. The minimum absolute atomic E-state index is 0.0723. The molecule has 0 aromatic heterocycles. The van der Waals surface area contributed by atoms with Crippen LogP contribution >= 0.6 is 0 Å². The number of ether oxygens (including phenoxy) is 1. The van der Waals surface area contributed by atoms with Crippen LogP contribution in [0.5, 0.6) is 0 Å². The lowest BCUT2D eigenvalue weighted by Gasteiger charge is -2.36. The highest BCUT2D eigenvalue weighted by atomic mass is 32.2. The van der Waals surface area contributed by atoms with Gasteiger partial charge in [-0.15, -0.1) is 0 Å². The van der Waals surface area contributed by atoms with Gasteiger partial charge in [-0.05, 0) is 6.92 Å². The molecule has 0 aromatic carbocycles. The summed E-state index contributed by atoms with van der Waals surface area (Å²) in [5.74, 6) is -1.48. The molecule has 1 saturated heterocycles. The van der Waals surface area contributed by atoms with Gasteiger partial charge < -0.3 is 14.7 Å². The van der Waals surface area contributed by atoms with Crippen molar-refractivity contribution >= 4 is 21.9 Å². The molecule has 1 N–H and O–H groups in total. The highest BCUT2D eigenvalue weighted by Crippen LogP contribution is 2.17. The first kappa shape index (κ1) is 12.8. The van der Waals surface area contributed by atoms with Crippen LogP contribution in [0.15, 0.2) is 0 Å². The fourth-order valence-electron chi connectivity index (χ4n) is 1.31. The fourth-order valence-corrected chi connectivity index (χ4v) is 2.77. The molecule has 1 aliphatic heterocycles. The number of esters is 1. The molecule has 0 bridgehead atoms. The Labute approximate surface area is 92.9 Å². The molecule has 0 spiro atoms. The molecule has 0 saturated carbocycles. The lowest BCUT2D eigenvalue weighted by atomic mass is 10.2. The largest absolute Gasteiger partial charge is 0.465 e. The lowest BCUT2D eigenvalue weighted by Crippen LogP contribution is -2.57. The van der Waals surface area contributed by atoms with Crippen LogP contribution in [0.4, 0.5) is 4.79 Å². The summed E-state index contributed by atoms with van der Waals surface area (Å²) in [6.45, 7) is 1.56. The molecule has 0 unspecified atom stereocenters. The molecule has 0 radical (unpaired) electrons. The normalized spacial score (nSPS) is 16.7. The number of carbonyl (C=O) groups excluding carboxylic acids is 1. The summed E-state index contributed by atoms with van der Waals surface area (Å²) in [7, 11) is -3.59. The molecule has 0 aliphatic carbocycles. The number of amides is 1. The molecule has 92 valence electrons. The van der Waals surface area contributed by atoms with Crippen LogP contribution in [-0.2, 0) is 19.4 Å². The molecule has 1 heterocycles. The Morgan fingerprint density at radius 1 is 1.44 bits per heavy atom. The van der Waals surface area contributed by atoms with Gasteiger partial charge in [-0.25, -0.2) is 13.2 Å². The molecule has 1 amide bonds. The zero-order valence-corrected chi connectivity index (χ0v) is 9.57. The first-order valence-electron chi connectivity index (χ1n) is 4.72. The standard InChI is InChI=1S/C8H13NO6S/c1-2-15-7(10)5-16(13,14)6-3-9(4-6)8(11)12/h6H,2-5H2,1H3,(H,11,12). The first-order valence-corrected chi connectivity index (χ1v) is 6.43. The number of sulfone groups is 1. The SMILES string of the molecule is CCOC(=O)CS(=O)(=O)C1CN(C(=O)O)C1. The third kappa shape index (κ3) is 2.84. The van der Waals surface area contributed by atoms with E-state index in [1.54, 1.807) is 6.92 Å². The third-order valence-electron chi connectivity index (χ3n) is 2.25. The van der Waals surface area contributed by atoms with Gasteiger partial charge in [-0.1, -0.05) is 0 Å². The molecule has 0 atom stereocenters. The summed E-state index contributed by atoms with van der Waals surface area (Å²) >= 11 is 0. The van der Waals surface area contributed by atoms with Crippen LogP contribution in [0.2, 0.25) is 0 Å². The van der Waals surface area contributed by atoms with E-state index in [0.717, 1.165) is 4.90 Å². The summed E-state index contributed by atoms with van der Waals surface area (Å²) < 4.78 is 27.6. The van der Waals surface area contributed by atoms with Crippen molar-refractivity contribution in [1.29, 1.82) is 0 Å². The van der Waals surface area contributed by atoms with E-state index in [2.05, 4.69) is 4.74 Å². The zero-order chi connectivity index (χ0) is 12.3. The second-order valence-electron chi connectivity index (χ2n) is 3.42. The highest BCUT2D eigenvalue weighted by molar-refractivity contribution is 7.92. The van der Waals surface area contributed by atoms with Crippen molar-refractivity contribution in [3.05, 3.63) is 0 Å². The van der Waals surface area contributed by atoms with Crippen LogP contribution in [0.25, 0.3) is 0 Å². The molecule has 0 aromatic rings. The maximum Gasteiger partial charge on any atom is 0.407 e. The van der Waals surface area contributed by atoms with Gasteiger partial charge in [-0.2, -0.15) is 0 Å². The topological polar surface area (TPSA) is 101 Å². The number of hydrogen-bond acceptors (Lipinski definition) is 5. The molecule has 8 heteroatoms. The van der Waals surface area contributed by atoms with E-state index in [-0.39, 0.29) is 19.7 Å². The second-order valence-corrected chi connectivity index (χ2v) is 5.70. The van der Waals surface area contributed by atoms with Crippen molar-refractivity contribution in [2.45, 2.75) is 12.2 Å². The Balaban J connectivity index is 2.48. The maximum atomic E-state index is 11.5. The monoisotopic (exact) mass is 251 g/mol. The van der Waals surface area contributed by atoms with Gasteiger partial charge in [0.15, 0.2) is 9.84 Å². The quantitative estimate of drug-likeness (QED) is 0.665. The van der Waals surface area contributed by atoms with Crippen molar-refractivity contribution in [1.82, 2.24) is 4.90 Å². The number of carbonyl (C=O) groups is 2. The van der Waals surface area contributed by atoms with Crippen LogP contribution in [0, 0.1) is 0 Å². The molecule has 16 heavy (non-hydrogen) atoms. The average Bonchev–Trinajstić information content (AvgIpc) is 1.97. The van der Waals surface area contributed by atoms with E-state index in [9.17, 15) is 18.0 Å². The van der Waals surface area contributed by atoms with Gasteiger partial charge in [-0.3, -0.25) is 4.79 Å². The molecule has 7 nitrogen and oxygen atoms in total. The van der Waals surface area contributed by atoms with Crippen molar-refractivity contribution in [2.75, 3.05) is 25.4 Å². The van der Waals surface area contributed by atoms with Crippen LogP contribution < -0.4 is 0 Å². The van der Waals surface area contributed by atoms with E-state index in [4.69, 9.17) is 5.11 Å². The predicted octanol–water partition coefficient (Wildman–Crippen LogP) is -0.673. The van der Waals surface area contributed by atoms with Crippen molar-refractivity contribution in [2.24, 2.45) is 0 Å². The van der Waals surface area contributed by atoms with Gasteiger partial charge in [0.2, 0.25) is 0 Å².